The monoisotopic (exact) mass is 364 g/mol. The smallest absolute Gasteiger partial charge is 0.227 e. The molecule has 3 aromatic rings. The summed E-state index contributed by atoms with van der Waals surface area (Å²) in [7, 11) is 1.64. The van der Waals surface area contributed by atoms with Gasteiger partial charge in [-0.25, -0.2) is 4.98 Å². The van der Waals surface area contributed by atoms with Gasteiger partial charge in [-0.05, 0) is 42.0 Å². The number of aromatic hydroxyl groups is 1. The molecule has 1 aliphatic rings. The molecule has 2 N–H and O–H groups in total. The second kappa shape index (κ2) is 7.11. The van der Waals surface area contributed by atoms with Crippen LogP contribution < -0.4 is 9.64 Å². The number of phenols is 1. The van der Waals surface area contributed by atoms with Gasteiger partial charge in [-0.3, -0.25) is 9.89 Å². The molecule has 27 heavy (non-hydrogen) atoms. The van der Waals surface area contributed by atoms with Crippen LogP contribution >= 0.6 is 0 Å². The van der Waals surface area contributed by atoms with Gasteiger partial charge in [-0.2, -0.15) is 5.10 Å². The molecule has 138 valence electrons. The summed E-state index contributed by atoms with van der Waals surface area (Å²) in [5.74, 6) is 2.41. The van der Waals surface area contributed by atoms with Crippen molar-refractivity contribution in [2.24, 2.45) is 0 Å². The van der Waals surface area contributed by atoms with Gasteiger partial charge in [0.05, 0.1) is 7.11 Å². The first-order valence-electron chi connectivity index (χ1n) is 8.76. The first-order valence-corrected chi connectivity index (χ1v) is 8.76. The average Bonchev–Trinajstić information content (AvgIpc) is 3.30. The predicted molar refractivity (Wildman–Crippen MR) is 100 cm³/mol. The van der Waals surface area contributed by atoms with Crippen LogP contribution in [0.3, 0.4) is 0 Å². The minimum Gasteiger partial charge on any atom is -0.508 e. The van der Waals surface area contributed by atoms with Gasteiger partial charge in [0.25, 0.3) is 0 Å². The number of anilines is 1. The Balaban J connectivity index is 1.45. The summed E-state index contributed by atoms with van der Waals surface area (Å²) in [5.41, 5.74) is 1.88. The third-order valence-electron chi connectivity index (χ3n) is 4.73. The topological polar surface area (TPSA) is 91.3 Å². The van der Waals surface area contributed by atoms with Crippen molar-refractivity contribution in [2.75, 3.05) is 18.6 Å². The Morgan fingerprint density at radius 3 is 2.63 bits per heavy atom. The fourth-order valence-electron chi connectivity index (χ4n) is 3.27. The molecule has 1 saturated heterocycles. The van der Waals surface area contributed by atoms with Crippen molar-refractivity contribution >= 4 is 11.6 Å². The molecule has 2 heterocycles. The van der Waals surface area contributed by atoms with Gasteiger partial charge >= 0.3 is 0 Å². The number of hydrogen-bond acceptors (Lipinski definition) is 5. The van der Waals surface area contributed by atoms with Crippen LogP contribution in [0.5, 0.6) is 11.5 Å². The molecule has 4 rings (SSSR count). The molecule has 7 nitrogen and oxygen atoms in total. The lowest BCUT2D eigenvalue weighted by atomic mass is 10.1. The number of nitrogens with zero attached hydrogens (tertiary/aromatic N) is 3. The van der Waals surface area contributed by atoms with Gasteiger partial charge in [0.1, 0.15) is 17.3 Å². The molecule has 1 amide bonds. The second-order valence-corrected chi connectivity index (χ2v) is 6.59. The standard InChI is InChI=1S/C20H20N4O3/c1-27-17-8-2-13(3-9-17)10-18-21-20(23-22-18)14-11-19(26)24(12-14)15-4-6-16(25)7-5-15/h2-9,14,25H,10-12H2,1H3,(H,21,22,23). The lowest BCUT2D eigenvalue weighted by molar-refractivity contribution is -0.117. The molecule has 2 aromatic carbocycles. The van der Waals surface area contributed by atoms with E-state index >= 15 is 0 Å². The first-order chi connectivity index (χ1) is 13.1. The second-order valence-electron chi connectivity index (χ2n) is 6.59. The molecule has 1 fully saturated rings. The third-order valence-corrected chi connectivity index (χ3v) is 4.73. The summed E-state index contributed by atoms with van der Waals surface area (Å²) in [4.78, 5) is 18.7. The minimum absolute atomic E-state index is 0.0344. The summed E-state index contributed by atoms with van der Waals surface area (Å²) in [6, 6.07) is 14.5. The molecule has 1 aromatic heterocycles. The number of H-pyrrole nitrogens is 1. The normalized spacial score (nSPS) is 16.7. The Labute approximate surface area is 156 Å². The maximum Gasteiger partial charge on any atom is 0.227 e. The number of amides is 1. The van der Waals surface area contributed by atoms with E-state index in [1.165, 1.54) is 0 Å². The van der Waals surface area contributed by atoms with Crippen molar-refractivity contribution in [1.29, 1.82) is 0 Å². The third kappa shape index (κ3) is 3.62. The van der Waals surface area contributed by atoms with Crippen molar-refractivity contribution < 1.29 is 14.6 Å². The van der Waals surface area contributed by atoms with E-state index in [4.69, 9.17) is 4.74 Å². The highest BCUT2D eigenvalue weighted by molar-refractivity contribution is 5.96. The zero-order chi connectivity index (χ0) is 18.8. The van der Waals surface area contributed by atoms with Crippen LogP contribution in [0.25, 0.3) is 0 Å². The molecule has 7 heteroatoms. The van der Waals surface area contributed by atoms with E-state index in [1.807, 2.05) is 24.3 Å². The van der Waals surface area contributed by atoms with Crippen LogP contribution in [0.4, 0.5) is 5.69 Å². The molecule has 0 aliphatic carbocycles. The van der Waals surface area contributed by atoms with Crippen LogP contribution in [-0.4, -0.2) is 39.8 Å². The van der Waals surface area contributed by atoms with Crippen LogP contribution in [0.1, 0.15) is 29.6 Å². The van der Waals surface area contributed by atoms with E-state index in [0.29, 0.717) is 25.2 Å². The molecule has 1 atom stereocenters. The number of hydrogen-bond donors (Lipinski definition) is 2. The number of carbonyl (C=O) groups excluding carboxylic acids is 1. The molecule has 0 spiro atoms. The number of carbonyl (C=O) groups is 1. The van der Waals surface area contributed by atoms with E-state index in [9.17, 15) is 9.90 Å². The summed E-state index contributed by atoms with van der Waals surface area (Å²) in [5, 5.41) is 16.7. The number of rotatable bonds is 5. The molecule has 0 radical (unpaired) electrons. The fourth-order valence-corrected chi connectivity index (χ4v) is 3.27. The Bertz CT molecular complexity index is 935. The van der Waals surface area contributed by atoms with Crippen molar-refractivity contribution in [1.82, 2.24) is 15.2 Å². The quantitative estimate of drug-likeness (QED) is 0.726. The summed E-state index contributed by atoms with van der Waals surface area (Å²) in [6.07, 6.45) is 1.01. The number of aromatic nitrogens is 3. The number of methoxy groups -OCH3 is 1. The van der Waals surface area contributed by atoms with Crippen molar-refractivity contribution in [3.8, 4) is 11.5 Å². The van der Waals surface area contributed by atoms with Crippen LogP contribution in [0.2, 0.25) is 0 Å². The largest absolute Gasteiger partial charge is 0.508 e. The van der Waals surface area contributed by atoms with E-state index < -0.39 is 0 Å². The molecule has 0 bridgehead atoms. The van der Waals surface area contributed by atoms with E-state index in [0.717, 1.165) is 22.8 Å². The van der Waals surface area contributed by atoms with Crippen molar-refractivity contribution in [3.05, 3.63) is 65.7 Å². The highest BCUT2D eigenvalue weighted by atomic mass is 16.5. The number of aromatic amines is 1. The molecule has 1 aliphatic heterocycles. The van der Waals surface area contributed by atoms with Gasteiger partial charge in [-0.1, -0.05) is 12.1 Å². The molecule has 0 saturated carbocycles. The SMILES string of the molecule is COc1ccc(Cc2nc(C3CC(=O)N(c4ccc(O)cc4)C3)n[nH]2)cc1. The minimum atomic E-state index is -0.0489. The van der Waals surface area contributed by atoms with Crippen molar-refractivity contribution in [3.63, 3.8) is 0 Å². The van der Waals surface area contributed by atoms with E-state index in [2.05, 4.69) is 15.2 Å². The van der Waals surface area contributed by atoms with Gasteiger partial charge in [0.2, 0.25) is 5.91 Å². The lowest BCUT2D eigenvalue weighted by Gasteiger charge is -2.16. The fraction of sp³-hybridized carbons (Fsp3) is 0.250. The maximum absolute atomic E-state index is 12.4. The number of benzene rings is 2. The lowest BCUT2D eigenvalue weighted by Crippen LogP contribution is -2.24. The van der Waals surface area contributed by atoms with Crippen LogP contribution in [0.15, 0.2) is 48.5 Å². The summed E-state index contributed by atoms with van der Waals surface area (Å²) >= 11 is 0. The highest BCUT2D eigenvalue weighted by Gasteiger charge is 2.34. The zero-order valence-electron chi connectivity index (χ0n) is 14.9. The zero-order valence-corrected chi connectivity index (χ0v) is 14.9. The van der Waals surface area contributed by atoms with Crippen molar-refractivity contribution in [2.45, 2.75) is 18.8 Å². The molecular formula is C20H20N4O3. The number of phenolic OH excluding ortho intramolecular Hbond substituents is 1. The van der Waals surface area contributed by atoms with Crippen LogP contribution in [0, 0.1) is 0 Å². The van der Waals surface area contributed by atoms with Crippen LogP contribution in [-0.2, 0) is 11.2 Å². The van der Waals surface area contributed by atoms with E-state index in [-0.39, 0.29) is 17.6 Å². The van der Waals surface area contributed by atoms with Gasteiger partial charge in [-0.15, -0.1) is 0 Å². The Morgan fingerprint density at radius 2 is 1.93 bits per heavy atom. The Kier molecular flexibility index (Phi) is 4.50. The first kappa shape index (κ1) is 17.1. The number of ether oxygens (including phenoxy) is 1. The highest BCUT2D eigenvalue weighted by Crippen LogP contribution is 2.31. The van der Waals surface area contributed by atoms with Gasteiger partial charge in [0, 0.05) is 31.0 Å². The maximum atomic E-state index is 12.4. The van der Waals surface area contributed by atoms with Gasteiger partial charge < -0.3 is 14.7 Å². The predicted octanol–water partition coefficient (Wildman–Crippen LogP) is 2.63. The van der Waals surface area contributed by atoms with E-state index in [1.54, 1.807) is 36.3 Å². The summed E-state index contributed by atoms with van der Waals surface area (Å²) < 4.78 is 5.17. The number of nitrogens with one attached hydrogen (secondary N) is 1. The van der Waals surface area contributed by atoms with Gasteiger partial charge in [0.15, 0.2) is 5.82 Å². The summed E-state index contributed by atoms with van der Waals surface area (Å²) in [6.45, 7) is 0.531. The molecular weight excluding hydrogens is 344 g/mol. The average molecular weight is 364 g/mol. The molecule has 1 unspecified atom stereocenters. The Morgan fingerprint density at radius 1 is 1.19 bits per heavy atom. The Hall–Kier alpha value is -3.35.